The van der Waals surface area contributed by atoms with Gasteiger partial charge in [0.25, 0.3) is 5.91 Å². The summed E-state index contributed by atoms with van der Waals surface area (Å²) in [7, 11) is 1.49. The number of pyridine rings is 1. The Bertz CT molecular complexity index is 619. The standard InChI is InChI=1S/C13H10BrFN2O2/c1-19-12-3-2-8(14)6-11(12)17-13(18)9-4-5-16-7-10(9)15/h2-7H,1H3,(H,17,18). The van der Waals surface area contributed by atoms with Crippen molar-refractivity contribution < 1.29 is 13.9 Å². The molecule has 0 bridgehead atoms. The van der Waals surface area contributed by atoms with E-state index in [2.05, 4.69) is 26.2 Å². The van der Waals surface area contributed by atoms with Gasteiger partial charge in [0.2, 0.25) is 0 Å². The molecule has 0 unspecified atom stereocenters. The molecule has 0 saturated heterocycles. The van der Waals surface area contributed by atoms with Crippen molar-refractivity contribution in [2.45, 2.75) is 0 Å². The number of hydrogen-bond donors (Lipinski definition) is 1. The molecule has 2 rings (SSSR count). The molecule has 0 spiro atoms. The molecule has 0 atom stereocenters. The summed E-state index contributed by atoms with van der Waals surface area (Å²) >= 11 is 3.30. The number of anilines is 1. The van der Waals surface area contributed by atoms with E-state index in [9.17, 15) is 9.18 Å². The van der Waals surface area contributed by atoms with E-state index in [1.165, 1.54) is 19.4 Å². The van der Waals surface area contributed by atoms with Gasteiger partial charge < -0.3 is 10.1 Å². The molecule has 98 valence electrons. The molecule has 0 radical (unpaired) electrons. The lowest BCUT2D eigenvalue weighted by Crippen LogP contribution is -2.14. The predicted octanol–water partition coefficient (Wildman–Crippen LogP) is 3.24. The number of aromatic nitrogens is 1. The zero-order chi connectivity index (χ0) is 13.8. The van der Waals surface area contributed by atoms with E-state index in [-0.39, 0.29) is 5.56 Å². The molecule has 1 aromatic heterocycles. The molecule has 4 nitrogen and oxygen atoms in total. The summed E-state index contributed by atoms with van der Waals surface area (Å²) in [6.45, 7) is 0. The fourth-order valence-corrected chi connectivity index (χ4v) is 1.89. The highest BCUT2D eigenvalue weighted by molar-refractivity contribution is 9.10. The third kappa shape index (κ3) is 3.08. The molecule has 0 aliphatic rings. The summed E-state index contributed by atoms with van der Waals surface area (Å²) in [6, 6.07) is 6.47. The van der Waals surface area contributed by atoms with Crippen LogP contribution >= 0.6 is 15.9 Å². The molecule has 19 heavy (non-hydrogen) atoms. The molecule has 6 heteroatoms. The molecule has 0 aliphatic carbocycles. The Morgan fingerprint density at radius 3 is 2.89 bits per heavy atom. The van der Waals surface area contributed by atoms with Crippen LogP contribution in [0, 0.1) is 5.82 Å². The first kappa shape index (κ1) is 13.5. The van der Waals surface area contributed by atoms with Crippen LogP contribution in [-0.2, 0) is 0 Å². The van der Waals surface area contributed by atoms with Gasteiger partial charge >= 0.3 is 0 Å². The fraction of sp³-hybridized carbons (Fsp3) is 0.0769. The number of nitrogens with one attached hydrogen (secondary N) is 1. The Morgan fingerprint density at radius 2 is 2.21 bits per heavy atom. The first-order valence-electron chi connectivity index (χ1n) is 5.36. The van der Waals surface area contributed by atoms with E-state index >= 15 is 0 Å². The largest absolute Gasteiger partial charge is 0.495 e. The maximum Gasteiger partial charge on any atom is 0.258 e. The number of amides is 1. The van der Waals surface area contributed by atoms with Gasteiger partial charge in [-0.15, -0.1) is 0 Å². The number of rotatable bonds is 3. The van der Waals surface area contributed by atoms with Crippen LogP contribution in [0.25, 0.3) is 0 Å². The lowest BCUT2D eigenvalue weighted by molar-refractivity contribution is 0.102. The SMILES string of the molecule is COc1ccc(Br)cc1NC(=O)c1ccncc1F. The zero-order valence-electron chi connectivity index (χ0n) is 9.98. The summed E-state index contributed by atoms with van der Waals surface area (Å²) in [4.78, 5) is 15.6. The van der Waals surface area contributed by atoms with E-state index in [1.54, 1.807) is 18.2 Å². The minimum Gasteiger partial charge on any atom is -0.495 e. The molecular weight excluding hydrogens is 315 g/mol. The van der Waals surface area contributed by atoms with Crippen LogP contribution in [0.5, 0.6) is 5.75 Å². The van der Waals surface area contributed by atoms with Gasteiger partial charge in [-0.1, -0.05) is 15.9 Å². The Kier molecular flexibility index (Phi) is 4.11. The van der Waals surface area contributed by atoms with Crippen molar-refractivity contribution in [1.29, 1.82) is 0 Å². The normalized spacial score (nSPS) is 10.1. The average Bonchev–Trinajstić information content (AvgIpc) is 2.39. The summed E-state index contributed by atoms with van der Waals surface area (Å²) in [6.07, 6.45) is 2.35. The quantitative estimate of drug-likeness (QED) is 0.942. The number of methoxy groups -OCH3 is 1. The lowest BCUT2D eigenvalue weighted by atomic mass is 10.2. The van der Waals surface area contributed by atoms with Gasteiger partial charge in [-0.25, -0.2) is 4.39 Å². The van der Waals surface area contributed by atoms with Gasteiger partial charge in [0.1, 0.15) is 5.75 Å². The topological polar surface area (TPSA) is 51.2 Å². The Hall–Kier alpha value is -1.95. The van der Waals surface area contributed by atoms with Gasteiger partial charge in [0, 0.05) is 10.7 Å². The van der Waals surface area contributed by atoms with Crippen LogP contribution in [0.4, 0.5) is 10.1 Å². The molecule has 1 aromatic carbocycles. The van der Waals surface area contributed by atoms with Crippen LogP contribution in [-0.4, -0.2) is 18.0 Å². The van der Waals surface area contributed by atoms with Gasteiger partial charge in [-0.05, 0) is 24.3 Å². The average molecular weight is 325 g/mol. The summed E-state index contributed by atoms with van der Waals surface area (Å²) < 4.78 is 19.3. The number of nitrogens with zero attached hydrogens (tertiary/aromatic N) is 1. The van der Waals surface area contributed by atoms with E-state index in [0.717, 1.165) is 10.7 Å². The highest BCUT2D eigenvalue weighted by Crippen LogP contribution is 2.28. The maximum atomic E-state index is 13.4. The third-order valence-electron chi connectivity index (χ3n) is 2.43. The van der Waals surface area contributed by atoms with Crippen molar-refractivity contribution in [3.05, 3.63) is 52.5 Å². The monoisotopic (exact) mass is 324 g/mol. The van der Waals surface area contributed by atoms with E-state index in [1.807, 2.05) is 0 Å². The molecule has 1 heterocycles. The van der Waals surface area contributed by atoms with Crippen LogP contribution in [0.2, 0.25) is 0 Å². The second-order valence-electron chi connectivity index (χ2n) is 3.65. The minimum absolute atomic E-state index is 0.0722. The number of hydrogen-bond acceptors (Lipinski definition) is 3. The fourth-order valence-electron chi connectivity index (χ4n) is 1.53. The van der Waals surface area contributed by atoms with Crippen molar-refractivity contribution >= 4 is 27.5 Å². The van der Waals surface area contributed by atoms with Gasteiger partial charge in [-0.2, -0.15) is 0 Å². The number of ether oxygens (including phenoxy) is 1. The second-order valence-corrected chi connectivity index (χ2v) is 4.57. The second kappa shape index (κ2) is 5.79. The van der Waals surface area contributed by atoms with Crippen molar-refractivity contribution in [2.24, 2.45) is 0 Å². The number of halogens is 2. The van der Waals surface area contributed by atoms with Gasteiger partial charge in [0.15, 0.2) is 5.82 Å². The minimum atomic E-state index is -0.672. The molecule has 1 amide bonds. The van der Waals surface area contributed by atoms with Crippen LogP contribution in [0.15, 0.2) is 41.1 Å². The van der Waals surface area contributed by atoms with Crippen molar-refractivity contribution in [2.75, 3.05) is 12.4 Å². The maximum absolute atomic E-state index is 13.4. The molecular formula is C13H10BrFN2O2. The Morgan fingerprint density at radius 1 is 1.42 bits per heavy atom. The molecule has 0 saturated carbocycles. The van der Waals surface area contributed by atoms with Crippen LogP contribution in [0.1, 0.15) is 10.4 Å². The summed E-state index contributed by atoms with van der Waals surface area (Å²) in [5, 5.41) is 2.60. The Balaban J connectivity index is 2.29. The first-order valence-corrected chi connectivity index (χ1v) is 6.15. The smallest absolute Gasteiger partial charge is 0.258 e. The highest BCUT2D eigenvalue weighted by Gasteiger charge is 2.13. The van der Waals surface area contributed by atoms with Crippen molar-refractivity contribution in [1.82, 2.24) is 4.98 Å². The van der Waals surface area contributed by atoms with E-state index in [4.69, 9.17) is 4.74 Å². The summed E-state index contributed by atoms with van der Waals surface area (Å²) in [5.41, 5.74) is 0.384. The zero-order valence-corrected chi connectivity index (χ0v) is 11.6. The van der Waals surface area contributed by atoms with E-state index < -0.39 is 11.7 Å². The molecule has 2 aromatic rings. The third-order valence-corrected chi connectivity index (χ3v) is 2.92. The van der Waals surface area contributed by atoms with Crippen molar-refractivity contribution in [3.8, 4) is 5.75 Å². The van der Waals surface area contributed by atoms with Crippen LogP contribution < -0.4 is 10.1 Å². The van der Waals surface area contributed by atoms with Crippen molar-refractivity contribution in [3.63, 3.8) is 0 Å². The molecule has 0 fully saturated rings. The predicted molar refractivity (Wildman–Crippen MR) is 72.8 cm³/mol. The van der Waals surface area contributed by atoms with Gasteiger partial charge in [-0.3, -0.25) is 9.78 Å². The first-order chi connectivity index (χ1) is 9.11. The molecule has 0 aliphatic heterocycles. The number of carbonyl (C=O) groups is 1. The highest BCUT2D eigenvalue weighted by atomic mass is 79.9. The summed E-state index contributed by atoms with van der Waals surface area (Å²) in [5.74, 6) is -0.740. The lowest BCUT2D eigenvalue weighted by Gasteiger charge is -2.10. The molecule has 1 N–H and O–H groups in total. The van der Waals surface area contributed by atoms with E-state index in [0.29, 0.717) is 11.4 Å². The van der Waals surface area contributed by atoms with Gasteiger partial charge in [0.05, 0.1) is 24.6 Å². The Labute approximate surface area is 117 Å². The number of benzene rings is 1. The van der Waals surface area contributed by atoms with Crippen LogP contribution in [0.3, 0.4) is 0 Å². The number of carbonyl (C=O) groups excluding carboxylic acids is 1.